The molecule has 4 aliphatic rings. The number of aliphatic imine (C=N–C) groups is 1. The molecule has 25 heavy (non-hydrogen) atoms. The van der Waals surface area contributed by atoms with Gasteiger partial charge in [-0.05, 0) is 99.7 Å². The first-order chi connectivity index (χ1) is 11.9. The van der Waals surface area contributed by atoms with Gasteiger partial charge in [0.2, 0.25) is 6.08 Å². The summed E-state index contributed by atoms with van der Waals surface area (Å²) in [5, 5.41) is 10.0. The third-order valence-electron chi connectivity index (χ3n) is 9.38. The monoisotopic (exact) mass is 340 g/mol. The van der Waals surface area contributed by atoms with E-state index >= 15 is 0 Å². The lowest BCUT2D eigenvalue weighted by Gasteiger charge is -2.65. The second-order valence-electron chi connectivity index (χ2n) is 10.2. The van der Waals surface area contributed by atoms with Crippen LogP contribution in [0.4, 0.5) is 0 Å². The highest BCUT2D eigenvalue weighted by Crippen LogP contribution is 2.67. The molecule has 4 fully saturated rings. The predicted molar refractivity (Wildman–Crippen MR) is 97.2 cm³/mol. The van der Waals surface area contributed by atoms with Crippen molar-refractivity contribution in [2.45, 2.75) is 71.8 Å². The van der Waals surface area contributed by atoms with Crippen LogP contribution in [0.5, 0.6) is 0 Å². The van der Waals surface area contributed by atoms with Crippen LogP contribution in [0.25, 0.3) is 0 Å². The van der Waals surface area contributed by atoms with E-state index in [9.17, 15) is 10.1 Å². The maximum absolute atomic E-state index is 11.1. The molecule has 4 aliphatic carbocycles. The second kappa shape index (κ2) is 5.68. The van der Waals surface area contributed by atoms with Crippen molar-refractivity contribution in [2.24, 2.45) is 57.8 Å². The molecule has 0 aromatic heterocycles. The van der Waals surface area contributed by atoms with Crippen LogP contribution < -0.4 is 0 Å². The number of hydrogen-bond donors (Lipinski definition) is 0. The summed E-state index contributed by atoms with van der Waals surface area (Å²) in [7, 11) is 0. The summed E-state index contributed by atoms with van der Waals surface area (Å²) >= 11 is 0. The Balaban J connectivity index is 1.79. The zero-order valence-corrected chi connectivity index (χ0v) is 16.2. The third-order valence-corrected chi connectivity index (χ3v) is 9.38. The van der Waals surface area contributed by atoms with Gasteiger partial charge in [0.25, 0.3) is 0 Å². The quantitative estimate of drug-likeness (QED) is 0.499. The van der Waals surface area contributed by atoms with Crippen molar-refractivity contribution in [1.29, 1.82) is 5.26 Å². The Hall–Kier alpha value is -1.13. The Morgan fingerprint density at radius 2 is 1.76 bits per heavy atom. The topological polar surface area (TPSA) is 53.2 Å². The fraction of sp³-hybridized carbons (Fsp3) is 0.909. The molecule has 0 saturated heterocycles. The van der Waals surface area contributed by atoms with E-state index in [0.717, 1.165) is 37.0 Å². The highest BCUT2D eigenvalue weighted by molar-refractivity contribution is 5.35. The normalized spacial score (nSPS) is 56.9. The lowest BCUT2D eigenvalue weighted by Crippen LogP contribution is -2.61. The first kappa shape index (κ1) is 17.3. The summed E-state index contributed by atoms with van der Waals surface area (Å²) in [6.07, 6.45) is 8.95. The highest BCUT2D eigenvalue weighted by atomic mass is 16.1. The van der Waals surface area contributed by atoms with Gasteiger partial charge < -0.3 is 0 Å². The van der Waals surface area contributed by atoms with Gasteiger partial charge in [0.15, 0.2) is 0 Å². The van der Waals surface area contributed by atoms with Crippen molar-refractivity contribution >= 4 is 6.08 Å². The maximum atomic E-state index is 11.1. The van der Waals surface area contributed by atoms with Crippen LogP contribution in [-0.4, -0.2) is 11.6 Å². The van der Waals surface area contributed by atoms with Gasteiger partial charge >= 0.3 is 0 Å². The molecule has 4 saturated carbocycles. The summed E-state index contributed by atoms with van der Waals surface area (Å²) in [6.45, 7) is 9.19. The molecule has 10 atom stereocenters. The minimum absolute atomic E-state index is 0.182. The molecule has 0 N–H and O–H groups in total. The van der Waals surface area contributed by atoms with E-state index in [1.807, 2.05) is 6.08 Å². The van der Waals surface area contributed by atoms with Gasteiger partial charge in [-0.15, -0.1) is 0 Å². The summed E-state index contributed by atoms with van der Waals surface area (Å²) < 4.78 is 0. The second-order valence-corrected chi connectivity index (χ2v) is 10.2. The van der Waals surface area contributed by atoms with Crippen molar-refractivity contribution in [2.75, 3.05) is 0 Å². The molecule has 0 heterocycles. The van der Waals surface area contributed by atoms with Crippen LogP contribution in [0, 0.1) is 64.1 Å². The Kier molecular flexibility index (Phi) is 3.93. The fourth-order valence-electron chi connectivity index (χ4n) is 8.00. The van der Waals surface area contributed by atoms with E-state index in [1.54, 1.807) is 0 Å². The number of carbonyl (C=O) groups excluding carboxylic acids is 1. The van der Waals surface area contributed by atoms with Crippen LogP contribution in [-0.2, 0) is 4.79 Å². The largest absolute Gasteiger partial charge is 0.235 e. The lowest BCUT2D eigenvalue weighted by molar-refractivity contribution is -0.158. The number of isocyanates is 1. The van der Waals surface area contributed by atoms with Gasteiger partial charge in [0, 0.05) is 0 Å². The highest BCUT2D eigenvalue weighted by Gasteiger charge is 2.63. The first-order valence-corrected chi connectivity index (χ1v) is 10.4. The molecule has 136 valence electrons. The number of rotatable bonds is 1. The number of hydrogen-bond acceptors (Lipinski definition) is 3. The van der Waals surface area contributed by atoms with Crippen LogP contribution in [0.3, 0.4) is 0 Å². The molecule has 3 nitrogen and oxygen atoms in total. The third kappa shape index (κ3) is 2.23. The van der Waals surface area contributed by atoms with Gasteiger partial charge in [-0.25, -0.2) is 4.79 Å². The fourth-order valence-corrected chi connectivity index (χ4v) is 8.00. The molecule has 0 radical (unpaired) electrons. The Morgan fingerprint density at radius 3 is 2.44 bits per heavy atom. The van der Waals surface area contributed by atoms with Crippen LogP contribution in [0.2, 0.25) is 0 Å². The molecule has 3 heteroatoms. The van der Waals surface area contributed by atoms with Crippen LogP contribution in [0.1, 0.15) is 66.2 Å². The Morgan fingerprint density at radius 1 is 1.04 bits per heavy atom. The Bertz CT molecular complexity index is 647. The molecular formula is C22H32N2O. The number of nitrogens with zero attached hydrogens (tertiary/aromatic N) is 2. The van der Waals surface area contributed by atoms with Crippen molar-refractivity contribution in [3.05, 3.63) is 0 Å². The summed E-state index contributed by atoms with van der Waals surface area (Å²) in [5.74, 6) is 5.16. The van der Waals surface area contributed by atoms with E-state index in [0.29, 0.717) is 29.6 Å². The minimum atomic E-state index is -0.221. The smallest absolute Gasteiger partial charge is 0.211 e. The zero-order valence-electron chi connectivity index (χ0n) is 16.2. The summed E-state index contributed by atoms with van der Waals surface area (Å²) in [6, 6.07) is 2.76. The van der Waals surface area contributed by atoms with Crippen LogP contribution in [0.15, 0.2) is 4.99 Å². The predicted octanol–water partition coefficient (Wildman–Crippen LogP) is 4.98. The summed E-state index contributed by atoms with van der Waals surface area (Å²) in [4.78, 5) is 15.5. The average Bonchev–Trinajstić information content (AvgIpc) is 2.58. The molecule has 0 spiro atoms. The molecule has 0 bridgehead atoms. The van der Waals surface area contributed by atoms with Gasteiger partial charge in [0.1, 0.15) is 0 Å². The molecule has 0 aliphatic heterocycles. The minimum Gasteiger partial charge on any atom is -0.211 e. The molecule has 0 aromatic rings. The first-order valence-electron chi connectivity index (χ1n) is 10.4. The molecule has 0 unspecified atom stereocenters. The van der Waals surface area contributed by atoms with E-state index in [1.165, 1.54) is 19.3 Å². The Labute approximate surface area is 152 Å². The number of nitriles is 1. The van der Waals surface area contributed by atoms with Gasteiger partial charge in [-0.3, -0.25) is 0 Å². The maximum Gasteiger partial charge on any atom is 0.235 e. The molecule has 0 amide bonds. The van der Waals surface area contributed by atoms with Gasteiger partial charge in [-0.2, -0.15) is 10.3 Å². The average molecular weight is 341 g/mol. The van der Waals surface area contributed by atoms with Crippen molar-refractivity contribution in [1.82, 2.24) is 0 Å². The van der Waals surface area contributed by atoms with Crippen LogP contribution >= 0.6 is 0 Å². The van der Waals surface area contributed by atoms with Crippen molar-refractivity contribution < 1.29 is 4.79 Å². The summed E-state index contributed by atoms with van der Waals surface area (Å²) in [5.41, 5.74) is -0.402. The van der Waals surface area contributed by atoms with E-state index in [4.69, 9.17) is 0 Å². The molecule has 0 aromatic carbocycles. The van der Waals surface area contributed by atoms with Gasteiger partial charge in [0.05, 0.1) is 17.0 Å². The van der Waals surface area contributed by atoms with E-state index < -0.39 is 0 Å². The SMILES string of the molecule is C[C@@H]1C[C@@H]2C[C@H](C)[C@H]3CC[C@](C)(N=C=O)[C@H]4CC[C@@H]([C@@H]2[C@H]34)[C@]1(C)C#N. The zero-order chi connectivity index (χ0) is 18.0. The lowest BCUT2D eigenvalue weighted by atomic mass is 9.39. The van der Waals surface area contributed by atoms with Gasteiger partial charge in [-0.1, -0.05) is 13.8 Å². The van der Waals surface area contributed by atoms with Crippen molar-refractivity contribution in [3.8, 4) is 6.07 Å². The van der Waals surface area contributed by atoms with E-state index in [-0.39, 0.29) is 11.0 Å². The van der Waals surface area contributed by atoms with Crippen molar-refractivity contribution in [3.63, 3.8) is 0 Å². The molecule has 4 rings (SSSR count). The molecular weight excluding hydrogens is 308 g/mol. The standard InChI is InChI=1S/C22H32N2O/c1-13-9-15-10-14(2)21(3,11-23)17-5-6-18-20(19(15)17)16(13)7-8-22(18,4)24-12-25/h13-20H,5-10H2,1-4H3/t13-,14+,15-,16+,17-,18-,19+,20+,21+,22-/m0/s1. The van der Waals surface area contributed by atoms with E-state index in [2.05, 4.69) is 38.8 Å².